The first kappa shape index (κ1) is 21.2. The van der Waals surface area contributed by atoms with Gasteiger partial charge in [0.25, 0.3) is 0 Å². The second kappa shape index (κ2) is 7.91. The molecule has 9 nitrogen and oxygen atoms in total. The zero-order valence-corrected chi connectivity index (χ0v) is 16.9. The van der Waals surface area contributed by atoms with Gasteiger partial charge in [0, 0.05) is 30.7 Å². The van der Waals surface area contributed by atoms with Crippen molar-refractivity contribution < 1.29 is 32.3 Å². The lowest BCUT2D eigenvalue weighted by atomic mass is 10.0. The first-order chi connectivity index (χ1) is 14.7. The number of nitrogens with zero attached hydrogens (tertiary/aromatic N) is 4. The topological polar surface area (TPSA) is 91.9 Å². The number of hydrogen-bond acceptors (Lipinski definition) is 7. The molecule has 2 aliphatic rings. The minimum atomic E-state index is -1.60. The van der Waals surface area contributed by atoms with Crippen LogP contribution in [0.15, 0.2) is 12.3 Å². The van der Waals surface area contributed by atoms with E-state index in [0.29, 0.717) is 39.0 Å². The second-order valence-electron chi connectivity index (χ2n) is 7.93. The smallest absolute Gasteiger partial charge is 0.415 e. The van der Waals surface area contributed by atoms with Gasteiger partial charge in [-0.25, -0.2) is 8.78 Å². The van der Waals surface area contributed by atoms with Gasteiger partial charge in [0.1, 0.15) is 17.9 Å². The van der Waals surface area contributed by atoms with E-state index in [9.17, 15) is 23.3 Å². The van der Waals surface area contributed by atoms with Crippen LogP contribution in [0.3, 0.4) is 0 Å². The van der Waals surface area contributed by atoms with Crippen LogP contribution in [0.4, 0.5) is 19.0 Å². The van der Waals surface area contributed by atoms with E-state index in [4.69, 9.17) is 14.2 Å². The maximum atomic E-state index is 13.9. The summed E-state index contributed by atoms with van der Waals surface area (Å²) in [7, 11) is 1.16. The molecule has 0 spiro atoms. The first-order valence-corrected chi connectivity index (χ1v) is 9.70. The number of piperidine rings is 1. The van der Waals surface area contributed by atoms with E-state index in [2.05, 4.69) is 9.88 Å². The fourth-order valence-corrected chi connectivity index (χ4v) is 4.04. The molecule has 12 heteroatoms. The summed E-state index contributed by atoms with van der Waals surface area (Å²) in [5.41, 5.74) is -0.586. The third-order valence-electron chi connectivity index (χ3n) is 5.43. The number of halogens is 3. The quantitative estimate of drug-likeness (QED) is 0.386. The Morgan fingerprint density at radius 3 is 2.65 bits per heavy atom. The molecule has 3 heterocycles. The van der Waals surface area contributed by atoms with Crippen molar-refractivity contribution in [2.24, 2.45) is 0 Å². The van der Waals surface area contributed by atoms with E-state index in [0.717, 1.165) is 13.2 Å². The van der Waals surface area contributed by atoms with E-state index in [1.54, 1.807) is 4.57 Å². The summed E-state index contributed by atoms with van der Waals surface area (Å²) in [6.45, 7) is 4.19. The molecule has 1 aromatic carbocycles. The van der Waals surface area contributed by atoms with Crippen molar-refractivity contribution in [1.29, 1.82) is 0 Å². The highest BCUT2D eigenvalue weighted by Gasteiger charge is 2.42. The maximum absolute atomic E-state index is 13.9. The van der Waals surface area contributed by atoms with Crippen molar-refractivity contribution in [2.75, 3.05) is 26.7 Å². The minimum absolute atomic E-state index is 0.171. The molecule has 1 atom stereocenters. The maximum Gasteiger partial charge on any atom is 0.415 e. The molecule has 0 N–H and O–H groups in total. The zero-order chi connectivity index (χ0) is 22.3. The molecular weight excluding hydrogens is 421 g/mol. The van der Waals surface area contributed by atoms with Crippen LogP contribution in [-0.2, 0) is 6.54 Å². The molecule has 0 bridgehead atoms. The van der Waals surface area contributed by atoms with Crippen molar-refractivity contribution in [3.63, 3.8) is 0 Å². The van der Waals surface area contributed by atoms with Gasteiger partial charge in [-0.15, -0.1) is 0 Å². The summed E-state index contributed by atoms with van der Waals surface area (Å²) in [5, 5.41) is 10.8. The van der Waals surface area contributed by atoms with Gasteiger partial charge in [0.2, 0.25) is 5.82 Å². The van der Waals surface area contributed by atoms with Crippen LogP contribution in [0.1, 0.15) is 19.8 Å². The van der Waals surface area contributed by atoms with Crippen molar-refractivity contribution in [2.45, 2.75) is 38.0 Å². The van der Waals surface area contributed by atoms with Crippen molar-refractivity contribution in [1.82, 2.24) is 14.5 Å². The second-order valence-corrected chi connectivity index (χ2v) is 7.93. The molecule has 4 rings (SSSR count). The van der Waals surface area contributed by atoms with Crippen LogP contribution in [-0.4, -0.2) is 57.8 Å². The molecule has 1 aromatic heterocycles. The molecular formula is C19H21F3N4O5. The Balaban J connectivity index is 1.33. The molecule has 1 saturated heterocycles. The molecule has 2 aliphatic heterocycles. The number of ether oxygens (including phenoxy) is 3. The van der Waals surface area contributed by atoms with E-state index in [1.165, 1.54) is 6.20 Å². The molecule has 0 radical (unpaired) electrons. The molecule has 31 heavy (non-hydrogen) atoms. The molecule has 1 unspecified atom stereocenters. The number of likely N-dealkylation sites (tertiary alicyclic amines) is 1. The summed E-state index contributed by atoms with van der Waals surface area (Å²) in [6.07, 6.45) is 2.20. The number of methoxy groups -OCH3 is 1. The SMILES string of the molecule is COc1c(OC2CCN(CC3(C)Cn4cc([N+](=O)[O-])nc4O3)CC2)cc(F)c(F)c1F. The highest BCUT2D eigenvalue weighted by Crippen LogP contribution is 2.36. The number of nitro groups is 1. The molecule has 2 aromatic rings. The van der Waals surface area contributed by atoms with Gasteiger partial charge < -0.3 is 24.3 Å². The highest BCUT2D eigenvalue weighted by atomic mass is 19.2. The Morgan fingerprint density at radius 2 is 2.03 bits per heavy atom. The molecule has 0 aliphatic carbocycles. The largest absolute Gasteiger partial charge is 0.490 e. The molecule has 0 saturated carbocycles. The van der Waals surface area contributed by atoms with Crippen molar-refractivity contribution in [3.05, 3.63) is 39.8 Å². The number of fused-ring (bicyclic) bond motifs is 1. The van der Waals surface area contributed by atoms with E-state index in [-0.39, 0.29) is 23.7 Å². The number of rotatable bonds is 6. The Labute approximate surface area is 175 Å². The summed E-state index contributed by atoms with van der Waals surface area (Å²) in [6, 6.07) is 1.01. The molecule has 1 fully saturated rings. The molecule has 0 amide bonds. The summed E-state index contributed by atoms with van der Waals surface area (Å²) in [4.78, 5) is 16.3. The lowest BCUT2D eigenvalue weighted by Gasteiger charge is -2.36. The minimum Gasteiger partial charge on any atom is -0.490 e. The predicted octanol–water partition coefficient (Wildman–Crippen LogP) is 2.91. The van der Waals surface area contributed by atoms with Crippen LogP contribution in [0.25, 0.3) is 0 Å². The van der Waals surface area contributed by atoms with Gasteiger partial charge in [0.15, 0.2) is 23.1 Å². The summed E-state index contributed by atoms with van der Waals surface area (Å²) >= 11 is 0. The Kier molecular flexibility index (Phi) is 5.42. The fraction of sp³-hybridized carbons (Fsp3) is 0.526. The van der Waals surface area contributed by atoms with Crippen LogP contribution in [0.5, 0.6) is 17.5 Å². The predicted molar refractivity (Wildman–Crippen MR) is 101 cm³/mol. The van der Waals surface area contributed by atoms with Gasteiger partial charge in [-0.2, -0.15) is 4.39 Å². The molecule has 168 valence electrons. The van der Waals surface area contributed by atoms with E-state index >= 15 is 0 Å². The standard InChI is InChI=1S/C19H21F3N4O5/c1-19(10-25-8-14(26(27)28)23-18(25)31-19)9-24-5-3-11(4-6-24)30-13-7-12(20)15(21)16(22)17(13)29-2/h7-8,11H,3-6,9-10H2,1-2H3. The van der Waals surface area contributed by atoms with Crippen LogP contribution in [0, 0.1) is 27.6 Å². The lowest BCUT2D eigenvalue weighted by molar-refractivity contribution is -0.389. The number of aromatic nitrogens is 2. The third-order valence-corrected chi connectivity index (χ3v) is 5.43. The van der Waals surface area contributed by atoms with Crippen LogP contribution >= 0.6 is 0 Å². The van der Waals surface area contributed by atoms with Gasteiger partial charge >= 0.3 is 11.8 Å². The average molecular weight is 442 g/mol. The number of hydrogen-bond donors (Lipinski definition) is 0. The van der Waals surface area contributed by atoms with Gasteiger partial charge in [0.05, 0.1) is 13.7 Å². The van der Waals surface area contributed by atoms with E-state index < -0.39 is 33.7 Å². The van der Waals surface area contributed by atoms with Crippen LogP contribution in [0.2, 0.25) is 0 Å². The normalized spacial score (nSPS) is 21.6. The monoisotopic (exact) mass is 442 g/mol. The van der Waals surface area contributed by atoms with Crippen molar-refractivity contribution >= 4 is 5.82 Å². The van der Waals surface area contributed by atoms with Gasteiger partial charge in [-0.3, -0.25) is 9.47 Å². The van der Waals surface area contributed by atoms with Crippen LogP contribution < -0.4 is 14.2 Å². The Hall–Kier alpha value is -3.02. The number of imidazole rings is 1. The van der Waals surface area contributed by atoms with Crippen molar-refractivity contribution in [3.8, 4) is 17.5 Å². The Morgan fingerprint density at radius 1 is 1.32 bits per heavy atom. The average Bonchev–Trinajstić information content (AvgIpc) is 3.23. The summed E-state index contributed by atoms with van der Waals surface area (Å²) < 4.78 is 58.9. The first-order valence-electron chi connectivity index (χ1n) is 9.70. The fourth-order valence-electron chi connectivity index (χ4n) is 4.04. The van der Waals surface area contributed by atoms with Gasteiger partial charge in [-0.1, -0.05) is 0 Å². The summed E-state index contributed by atoms with van der Waals surface area (Å²) in [5.74, 6) is -5.24. The highest BCUT2D eigenvalue weighted by molar-refractivity contribution is 5.42. The zero-order valence-electron chi connectivity index (χ0n) is 16.9. The Bertz CT molecular complexity index is 983. The van der Waals surface area contributed by atoms with Gasteiger partial charge in [-0.05, 0) is 24.7 Å². The number of benzene rings is 1. The third kappa shape index (κ3) is 4.11. The van der Waals surface area contributed by atoms with E-state index in [1.807, 2.05) is 6.92 Å². The lowest BCUT2D eigenvalue weighted by Crippen LogP contribution is -2.48.